The molecule has 0 aromatic rings. The number of halogens is 2. The summed E-state index contributed by atoms with van der Waals surface area (Å²) >= 11 is 0. The van der Waals surface area contributed by atoms with Crippen LogP contribution in [0.2, 0.25) is 0 Å². The number of rotatable bonds is 10. The molecule has 0 rings (SSSR count). The first-order valence-electron chi connectivity index (χ1n) is 4.82. The molecule has 0 fully saturated rings. The van der Waals surface area contributed by atoms with Crippen LogP contribution in [0.15, 0.2) is 0 Å². The summed E-state index contributed by atoms with van der Waals surface area (Å²) < 4.78 is -34.8. The van der Waals surface area contributed by atoms with Crippen LogP contribution in [0.25, 0.3) is 0 Å². The predicted molar refractivity (Wildman–Crippen MR) is 79.2 cm³/mol. The topological polar surface area (TPSA) is 171 Å². The Morgan fingerprint density at radius 3 is 0.435 bits per heavy atom. The molecule has 0 saturated carbocycles. The van der Waals surface area contributed by atoms with Crippen LogP contribution in [0.3, 0.4) is 0 Å². The van der Waals surface area contributed by atoms with Gasteiger partial charge in [0.25, 0.3) is 0 Å². The molecule has 0 aromatic heterocycles. The van der Waals surface area contributed by atoms with E-state index in [0.717, 1.165) is 0 Å². The average Bonchev–Trinajstić information content (AvgIpc) is 2.69. The van der Waals surface area contributed by atoms with Gasteiger partial charge < -0.3 is 0 Å². The van der Waals surface area contributed by atoms with Gasteiger partial charge in [0.15, 0.2) is 0 Å². The fraction of sp³-hybridized carbons (Fsp3) is 0. The summed E-state index contributed by atoms with van der Waals surface area (Å²) in [7, 11) is 11.3. The Morgan fingerprint density at radius 1 is 0.348 bits per heavy atom. The minimum absolute atomic E-state index is 2.07. The molecule has 0 aliphatic rings. The molecule has 0 N–H and O–H groups in total. The van der Waals surface area contributed by atoms with Crippen LogP contribution in [0, 0.1) is 0 Å². The van der Waals surface area contributed by atoms with Crippen molar-refractivity contribution in [3.8, 4) is 0 Å². The van der Waals surface area contributed by atoms with Gasteiger partial charge in [-0.25, -0.2) is 0 Å². The molecule has 0 amide bonds. The van der Waals surface area contributed by atoms with Crippen molar-refractivity contribution in [2.24, 2.45) is 0 Å². The second kappa shape index (κ2) is 1.31. The standard InChI is InChI=1S/10CHO.2ClH.Re/c10*1-2;;;/h10*1H;2*1H;/q;;;;;;;;;;;;+2/p-2. The normalized spacial score (nSPS) is 29.7. The molecule has 0 atom stereocenters. The van der Waals surface area contributed by atoms with Crippen LogP contribution in [0.1, 0.15) is 0 Å². The summed E-state index contributed by atoms with van der Waals surface area (Å²) in [5.74, 6) is 0. The average molecular weight is 547 g/mol. The molecule has 131 valence electrons. The molecular weight excluding hydrogens is 537 g/mol. The van der Waals surface area contributed by atoms with Crippen molar-refractivity contribution in [2.75, 3.05) is 0 Å². The molecule has 0 aliphatic heterocycles. The Kier molecular flexibility index (Phi) is 1.19. The maximum atomic E-state index is 12.2. The quantitative estimate of drug-likeness (QED) is 0.298. The van der Waals surface area contributed by atoms with E-state index in [9.17, 15) is 47.9 Å². The van der Waals surface area contributed by atoms with Gasteiger partial charge in [-0.15, -0.1) is 0 Å². The van der Waals surface area contributed by atoms with Crippen LogP contribution in [0.4, 0.5) is 0 Å². The zero-order valence-electron chi connectivity index (χ0n) is 11.0. The van der Waals surface area contributed by atoms with Crippen molar-refractivity contribution in [3.05, 3.63) is 0 Å². The third kappa shape index (κ3) is 0.551. The molecule has 0 bridgehead atoms. The molecule has 0 spiro atoms. The zero-order valence-corrected chi connectivity index (χ0v) is 15.2. The summed E-state index contributed by atoms with van der Waals surface area (Å²) in [6.45, 7) is 0. The van der Waals surface area contributed by atoms with E-state index < -0.39 is 51.3 Å². The third-order valence-corrected chi connectivity index (χ3v) is 54.4. The summed E-state index contributed by atoms with van der Waals surface area (Å²) in [4.78, 5) is 122. The minimum atomic E-state index is -14.1. The van der Waals surface area contributed by atoms with E-state index in [4.69, 9.17) is 19.1 Å². The Morgan fingerprint density at radius 2 is 0.435 bits per heavy atom. The number of hydrogen-bond donors (Lipinski definition) is 0. The maximum absolute atomic E-state index is 14.1. The Balaban J connectivity index is 11.8. The second-order valence-corrected chi connectivity index (χ2v) is 98.2. The summed E-state index contributed by atoms with van der Waals surface area (Å²) in [6, 6.07) is 0. The molecule has 0 radical (unpaired) electrons. The van der Waals surface area contributed by atoms with Crippen molar-refractivity contribution in [2.45, 2.75) is 0 Å². The van der Waals surface area contributed by atoms with Crippen molar-refractivity contribution in [3.63, 3.8) is 0 Å². The van der Waals surface area contributed by atoms with E-state index >= 15 is 0 Å². The second-order valence-electron chi connectivity index (χ2n) is 8.26. The van der Waals surface area contributed by atoms with Crippen LogP contribution < -0.4 is 0 Å². The SMILES string of the molecule is O=[CH][Re]([Cl])([Cl])([CH]=O)([CH]=O)([CH]=O)([CH]=O)([CH]=O)([CH]=O)([CH]=O)([CH]=O)[CH]=O. The molecule has 0 unspecified atom stereocenters. The van der Waals surface area contributed by atoms with Gasteiger partial charge in [0.1, 0.15) is 0 Å². The Hall–Kier alpha value is -2.06. The first-order valence-corrected chi connectivity index (χ1v) is 27.2. The van der Waals surface area contributed by atoms with E-state index in [1.54, 1.807) is 0 Å². The van der Waals surface area contributed by atoms with Crippen LogP contribution in [-0.2, 0) is 51.7 Å². The first-order chi connectivity index (χ1) is 9.69. The van der Waals surface area contributed by atoms with Gasteiger partial charge in [0.2, 0.25) is 0 Å². The molecular formula is C10H10Cl2O10Re. The van der Waals surface area contributed by atoms with E-state index in [0.29, 0.717) is 0 Å². The zero-order chi connectivity index (χ0) is 19.4. The van der Waals surface area contributed by atoms with Gasteiger partial charge in [-0.2, -0.15) is 0 Å². The molecule has 0 saturated heterocycles. The summed E-state index contributed by atoms with van der Waals surface area (Å²) in [5.41, 5.74) is 0. The molecule has 0 aliphatic carbocycles. The number of carbonyl (C=O) groups excluding carboxylic acids is 10. The van der Waals surface area contributed by atoms with Crippen molar-refractivity contribution < 1.29 is 51.7 Å². The number of hydrogen-bond acceptors (Lipinski definition) is 10. The molecule has 0 aromatic carbocycles. The van der Waals surface area contributed by atoms with Gasteiger partial charge in [0, 0.05) is 0 Å². The van der Waals surface area contributed by atoms with Gasteiger partial charge in [0.05, 0.1) is 0 Å². The Bertz CT molecular complexity index is 847. The van der Waals surface area contributed by atoms with Gasteiger partial charge in [-0.3, -0.25) is 0 Å². The van der Waals surface area contributed by atoms with Gasteiger partial charge in [-0.05, 0) is 0 Å². The fourth-order valence-corrected chi connectivity index (χ4v) is 7.73. The van der Waals surface area contributed by atoms with E-state index in [1.165, 1.54) is 0 Å². The molecule has 23 heavy (non-hydrogen) atoms. The molecule has 13 heteroatoms. The van der Waals surface area contributed by atoms with Crippen molar-refractivity contribution >= 4 is 66.6 Å². The predicted octanol–water partition coefficient (Wildman–Crippen LogP) is -1.36. The van der Waals surface area contributed by atoms with E-state index in [2.05, 4.69) is 0 Å². The molecule has 0 heterocycles. The monoisotopic (exact) mass is 547 g/mol. The van der Waals surface area contributed by atoms with Gasteiger partial charge in [-0.1, -0.05) is 0 Å². The number of carbonyl (C=O) groups is 10. The van der Waals surface area contributed by atoms with Crippen LogP contribution in [-0.4, -0.2) is 47.6 Å². The Labute approximate surface area is 118 Å². The van der Waals surface area contributed by atoms with E-state index in [1.807, 2.05) is 0 Å². The third-order valence-electron chi connectivity index (χ3n) is 5.30. The van der Waals surface area contributed by atoms with Crippen LogP contribution in [0.5, 0.6) is 0 Å². The van der Waals surface area contributed by atoms with Crippen molar-refractivity contribution in [1.82, 2.24) is 0 Å². The summed E-state index contributed by atoms with van der Waals surface area (Å²) in [6.07, 6.45) is 0. The van der Waals surface area contributed by atoms with Gasteiger partial charge >= 0.3 is 118 Å². The molecule has 10 nitrogen and oxygen atoms in total. The first kappa shape index (κ1) is 20.9. The van der Waals surface area contributed by atoms with E-state index in [-0.39, 0.29) is 0 Å². The van der Waals surface area contributed by atoms with Crippen molar-refractivity contribution in [1.29, 1.82) is 0 Å². The summed E-state index contributed by atoms with van der Waals surface area (Å²) in [5, 5.41) is 0. The fourth-order valence-electron chi connectivity index (χ4n) is 0.945. The van der Waals surface area contributed by atoms with Crippen LogP contribution >= 0.6 is 19.1 Å².